The van der Waals surface area contributed by atoms with Crippen molar-refractivity contribution in [2.75, 3.05) is 33.2 Å². The maximum Gasteiger partial charge on any atom is 0.254 e. The number of nitrogens with zero attached hydrogens (tertiary/aromatic N) is 4. The van der Waals surface area contributed by atoms with Gasteiger partial charge in [-0.05, 0) is 53.6 Å². The molecule has 0 bridgehead atoms. The molecule has 2 amide bonds. The van der Waals surface area contributed by atoms with Crippen LogP contribution in [0.4, 0.5) is 0 Å². The van der Waals surface area contributed by atoms with Crippen molar-refractivity contribution in [3.05, 3.63) is 76.5 Å². The first kappa shape index (κ1) is 22.9. The average Bonchev–Trinajstić information content (AvgIpc) is 3.47. The van der Waals surface area contributed by atoms with Crippen LogP contribution < -0.4 is 5.32 Å². The van der Waals surface area contributed by atoms with Crippen LogP contribution in [0, 0.1) is 0 Å². The third-order valence-electron chi connectivity index (χ3n) is 6.91. The molecular formula is C28H26N6O3. The molecule has 0 aliphatic carbocycles. The van der Waals surface area contributed by atoms with E-state index in [0.29, 0.717) is 53.2 Å². The topological polar surface area (TPSA) is 114 Å². The lowest BCUT2D eigenvalue weighted by Crippen LogP contribution is -2.46. The molecule has 0 atom stereocenters. The summed E-state index contributed by atoms with van der Waals surface area (Å²) in [6.45, 7) is 3.36. The van der Waals surface area contributed by atoms with Crippen LogP contribution in [0.3, 0.4) is 0 Å². The van der Waals surface area contributed by atoms with Gasteiger partial charge in [-0.15, -0.1) is 0 Å². The zero-order chi connectivity index (χ0) is 25.5. The molecule has 4 heterocycles. The lowest BCUT2D eigenvalue weighted by Gasteiger charge is -2.27. The van der Waals surface area contributed by atoms with Gasteiger partial charge in [0.2, 0.25) is 0 Å². The van der Waals surface area contributed by atoms with Crippen molar-refractivity contribution in [1.29, 1.82) is 0 Å². The summed E-state index contributed by atoms with van der Waals surface area (Å²) in [5.74, 6) is 0.109. The number of benzene rings is 2. The molecule has 186 valence electrons. The van der Waals surface area contributed by atoms with Crippen LogP contribution in [-0.4, -0.2) is 75.1 Å². The Balaban J connectivity index is 1.42. The molecule has 9 nitrogen and oxygen atoms in total. The Kier molecular flexibility index (Phi) is 5.69. The zero-order valence-corrected chi connectivity index (χ0v) is 20.4. The van der Waals surface area contributed by atoms with E-state index >= 15 is 0 Å². The van der Waals surface area contributed by atoms with Crippen LogP contribution in [0.25, 0.3) is 34.4 Å². The van der Waals surface area contributed by atoms with Gasteiger partial charge in [-0.3, -0.25) is 14.7 Å². The van der Waals surface area contributed by atoms with E-state index in [2.05, 4.69) is 15.5 Å². The second-order valence-corrected chi connectivity index (χ2v) is 9.39. The van der Waals surface area contributed by atoms with E-state index in [1.54, 1.807) is 42.3 Å². The first-order valence-corrected chi connectivity index (χ1v) is 12.2. The van der Waals surface area contributed by atoms with Crippen LogP contribution in [-0.2, 0) is 6.54 Å². The maximum atomic E-state index is 13.7. The fourth-order valence-corrected chi connectivity index (χ4v) is 4.90. The number of rotatable bonds is 4. The number of aromatic amines is 1. The van der Waals surface area contributed by atoms with Gasteiger partial charge >= 0.3 is 0 Å². The van der Waals surface area contributed by atoms with Crippen molar-refractivity contribution < 1.29 is 14.7 Å². The molecule has 1 fully saturated rings. The van der Waals surface area contributed by atoms with Gasteiger partial charge in [0, 0.05) is 50.9 Å². The zero-order valence-electron chi connectivity index (χ0n) is 20.4. The predicted molar refractivity (Wildman–Crippen MR) is 141 cm³/mol. The third-order valence-corrected chi connectivity index (χ3v) is 6.91. The average molecular weight is 495 g/mol. The van der Waals surface area contributed by atoms with Crippen LogP contribution >= 0.6 is 0 Å². The third kappa shape index (κ3) is 4.23. The van der Waals surface area contributed by atoms with Gasteiger partial charge in [0.05, 0.1) is 22.3 Å². The quantitative estimate of drug-likeness (QED) is 0.402. The number of aromatic hydroxyl groups is 1. The van der Waals surface area contributed by atoms with E-state index in [1.165, 1.54) is 0 Å². The molecule has 2 aromatic carbocycles. The Morgan fingerprint density at radius 2 is 1.84 bits per heavy atom. The van der Waals surface area contributed by atoms with Crippen molar-refractivity contribution >= 4 is 35.0 Å². The number of carbonyl (C=O) groups excluding carboxylic acids is 2. The number of H-pyrrole nitrogens is 1. The molecule has 2 aromatic heterocycles. The van der Waals surface area contributed by atoms with E-state index in [0.717, 1.165) is 29.8 Å². The minimum absolute atomic E-state index is 0.0205. The first-order valence-electron chi connectivity index (χ1n) is 12.2. The number of hydrogen-bond donors (Lipinski definition) is 3. The normalized spacial score (nSPS) is 15.6. The van der Waals surface area contributed by atoms with Gasteiger partial charge in [0.1, 0.15) is 5.75 Å². The largest absolute Gasteiger partial charge is 0.508 e. The highest BCUT2D eigenvalue weighted by Crippen LogP contribution is 2.29. The maximum absolute atomic E-state index is 13.7. The molecule has 37 heavy (non-hydrogen) atoms. The number of aromatic nitrogens is 3. The smallest absolute Gasteiger partial charge is 0.254 e. The minimum Gasteiger partial charge on any atom is -0.508 e. The first-order chi connectivity index (χ1) is 18.0. The summed E-state index contributed by atoms with van der Waals surface area (Å²) in [5.41, 5.74) is 5.64. The summed E-state index contributed by atoms with van der Waals surface area (Å²) >= 11 is 0. The monoisotopic (exact) mass is 494 g/mol. The van der Waals surface area contributed by atoms with Gasteiger partial charge in [0.25, 0.3) is 11.8 Å². The van der Waals surface area contributed by atoms with Crippen molar-refractivity contribution in [2.24, 2.45) is 0 Å². The van der Waals surface area contributed by atoms with Crippen LogP contribution in [0.2, 0.25) is 0 Å². The molecule has 3 N–H and O–H groups in total. The molecule has 0 radical (unpaired) electrons. The van der Waals surface area contributed by atoms with E-state index in [9.17, 15) is 14.7 Å². The number of pyridine rings is 1. The molecule has 0 saturated carbocycles. The number of amides is 2. The van der Waals surface area contributed by atoms with Gasteiger partial charge < -0.3 is 20.2 Å². The van der Waals surface area contributed by atoms with Crippen LogP contribution in [0.15, 0.2) is 48.5 Å². The highest BCUT2D eigenvalue weighted by atomic mass is 16.3. The Morgan fingerprint density at radius 3 is 2.62 bits per heavy atom. The highest BCUT2D eigenvalue weighted by Gasteiger charge is 2.25. The number of hydrogen-bond acceptors (Lipinski definition) is 6. The van der Waals surface area contributed by atoms with E-state index in [4.69, 9.17) is 4.98 Å². The number of nitrogens with one attached hydrogen (secondary N) is 2. The van der Waals surface area contributed by atoms with Crippen molar-refractivity contribution in [1.82, 2.24) is 30.3 Å². The minimum atomic E-state index is -0.0730. The van der Waals surface area contributed by atoms with E-state index in [-0.39, 0.29) is 17.6 Å². The lowest BCUT2D eigenvalue weighted by molar-refractivity contribution is 0.0737. The molecule has 1 saturated heterocycles. The molecule has 9 heteroatoms. The lowest BCUT2D eigenvalue weighted by atomic mass is 10.0. The Morgan fingerprint density at radius 1 is 1.05 bits per heavy atom. The van der Waals surface area contributed by atoms with Crippen molar-refractivity contribution in [3.63, 3.8) is 0 Å². The predicted octanol–water partition coefficient (Wildman–Crippen LogP) is 3.13. The summed E-state index contributed by atoms with van der Waals surface area (Å²) in [5, 5.41) is 21.1. The molecule has 2 aliphatic heterocycles. The van der Waals surface area contributed by atoms with Gasteiger partial charge in [-0.25, -0.2) is 4.98 Å². The van der Waals surface area contributed by atoms with Crippen molar-refractivity contribution in [2.45, 2.75) is 6.54 Å². The summed E-state index contributed by atoms with van der Waals surface area (Å²) in [4.78, 5) is 34.4. The molecular weight excluding hydrogens is 468 g/mol. The number of fused-ring (bicyclic) bond motifs is 2. The molecule has 0 unspecified atom stereocenters. The molecule has 6 rings (SSSR count). The van der Waals surface area contributed by atoms with E-state index in [1.807, 2.05) is 35.3 Å². The van der Waals surface area contributed by atoms with Crippen molar-refractivity contribution in [3.8, 4) is 17.0 Å². The molecule has 0 spiro atoms. The summed E-state index contributed by atoms with van der Waals surface area (Å²) in [6.07, 6.45) is 3.78. The second kappa shape index (κ2) is 9.18. The van der Waals surface area contributed by atoms with Gasteiger partial charge in [0.15, 0.2) is 5.65 Å². The Bertz CT molecular complexity index is 1550. The van der Waals surface area contributed by atoms with E-state index < -0.39 is 0 Å². The second-order valence-electron chi connectivity index (χ2n) is 9.39. The highest BCUT2D eigenvalue weighted by molar-refractivity contribution is 6.09. The number of phenolic OH excluding ortho intramolecular Hbond substituents is 1. The molecule has 4 aromatic rings. The summed E-state index contributed by atoms with van der Waals surface area (Å²) < 4.78 is 0. The standard InChI is InChI=1S/C28H26N6O3/c1-33-16-19-4-2-17(14-21(19)27(33)36)3-9-23-25-22(28(37)34-12-10-29-11-13-34)15-24(30-26(25)32-31-23)18-5-7-20(35)8-6-18/h2-9,14-15,29,35H,10-13,16H2,1H3,(H,30,31,32)/b9-3+. The van der Waals surface area contributed by atoms with Crippen LogP contribution in [0.1, 0.15) is 37.5 Å². The fraction of sp³-hybridized carbons (Fsp3) is 0.214. The summed E-state index contributed by atoms with van der Waals surface area (Å²) in [6, 6.07) is 14.4. The Hall–Kier alpha value is -4.50. The number of piperazine rings is 1. The van der Waals surface area contributed by atoms with Crippen LogP contribution in [0.5, 0.6) is 5.75 Å². The SMILES string of the molecule is CN1Cc2ccc(/C=C/c3[nH]nc4nc(-c5ccc(O)cc5)cc(C(=O)N5CCNCC5)c34)cc2C1=O. The fourth-order valence-electron chi connectivity index (χ4n) is 4.90. The van der Waals surface area contributed by atoms with Gasteiger partial charge in [-0.1, -0.05) is 18.2 Å². The number of phenols is 1. The summed E-state index contributed by atoms with van der Waals surface area (Å²) in [7, 11) is 1.80. The molecule has 2 aliphatic rings. The van der Waals surface area contributed by atoms with Gasteiger partial charge in [-0.2, -0.15) is 5.10 Å². The number of carbonyl (C=O) groups is 2. The Labute approximate surface area is 213 Å².